The maximum absolute atomic E-state index is 8.71. The summed E-state index contributed by atoms with van der Waals surface area (Å²) < 4.78 is 0. The molecule has 15 heavy (non-hydrogen) atoms. The molecule has 1 heteroatoms. The van der Waals surface area contributed by atoms with E-state index in [9.17, 15) is 0 Å². The first-order chi connectivity index (χ1) is 7.15. The Bertz CT molecular complexity index is 292. The molecule has 1 aromatic carbocycles. The van der Waals surface area contributed by atoms with Crippen LogP contribution in [0.1, 0.15) is 41.5 Å². The fourth-order valence-electron chi connectivity index (χ4n) is 2.19. The van der Waals surface area contributed by atoms with Gasteiger partial charge in [-0.05, 0) is 56.7 Å². The van der Waals surface area contributed by atoms with Crippen molar-refractivity contribution in [3.05, 3.63) is 34.4 Å². The van der Waals surface area contributed by atoms with Crippen LogP contribution in [-0.2, 0) is 6.42 Å². The summed E-state index contributed by atoms with van der Waals surface area (Å²) in [6, 6.07) is 4.52. The Morgan fingerprint density at radius 2 is 1.53 bits per heavy atom. The van der Waals surface area contributed by atoms with Gasteiger partial charge in [0.05, 0.1) is 0 Å². The van der Waals surface area contributed by atoms with E-state index in [1.54, 1.807) is 0 Å². The molecule has 0 fully saturated rings. The average Bonchev–Trinajstić information content (AvgIpc) is 2.15. The van der Waals surface area contributed by atoms with Crippen molar-refractivity contribution in [3.63, 3.8) is 0 Å². The molecule has 1 rings (SSSR count). The SMILES string of the molecule is Cc1cc(C)c(CCCCCO)c(C)c1. The highest BCUT2D eigenvalue weighted by Crippen LogP contribution is 2.18. The third-order valence-electron chi connectivity index (χ3n) is 2.93. The predicted molar refractivity (Wildman–Crippen MR) is 65.3 cm³/mol. The molecule has 0 aliphatic rings. The average molecular weight is 206 g/mol. The lowest BCUT2D eigenvalue weighted by Gasteiger charge is -2.10. The highest BCUT2D eigenvalue weighted by atomic mass is 16.2. The van der Waals surface area contributed by atoms with E-state index in [1.165, 1.54) is 28.7 Å². The van der Waals surface area contributed by atoms with Gasteiger partial charge in [0.1, 0.15) is 0 Å². The van der Waals surface area contributed by atoms with Crippen LogP contribution in [0.25, 0.3) is 0 Å². The number of hydrogen-bond acceptors (Lipinski definition) is 1. The highest BCUT2D eigenvalue weighted by Gasteiger charge is 2.03. The predicted octanol–water partition coefficient (Wildman–Crippen LogP) is 3.32. The zero-order valence-corrected chi connectivity index (χ0v) is 10.1. The summed E-state index contributed by atoms with van der Waals surface area (Å²) in [5.74, 6) is 0. The molecule has 0 atom stereocenters. The summed E-state index contributed by atoms with van der Waals surface area (Å²) >= 11 is 0. The van der Waals surface area contributed by atoms with E-state index >= 15 is 0 Å². The Kier molecular flexibility index (Phi) is 4.83. The second-order valence-electron chi connectivity index (χ2n) is 4.41. The molecule has 0 aliphatic heterocycles. The van der Waals surface area contributed by atoms with Gasteiger partial charge in [-0.3, -0.25) is 0 Å². The highest BCUT2D eigenvalue weighted by molar-refractivity contribution is 5.37. The first-order valence-electron chi connectivity index (χ1n) is 5.82. The number of rotatable bonds is 5. The maximum atomic E-state index is 8.71. The van der Waals surface area contributed by atoms with Crippen LogP contribution < -0.4 is 0 Å². The number of aliphatic hydroxyl groups excluding tert-OH is 1. The van der Waals surface area contributed by atoms with Gasteiger partial charge < -0.3 is 5.11 Å². The molecule has 0 saturated heterocycles. The number of benzene rings is 1. The van der Waals surface area contributed by atoms with E-state index in [2.05, 4.69) is 32.9 Å². The van der Waals surface area contributed by atoms with E-state index in [1.807, 2.05) is 0 Å². The minimum atomic E-state index is 0.325. The molecule has 1 nitrogen and oxygen atoms in total. The van der Waals surface area contributed by atoms with Crippen molar-refractivity contribution in [2.75, 3.05) is 6.61 Å². The minimum Gasteiger partial charge on any atom is -0.396 e. The number of unbranched alkanes of at least 4 members (excludes halogenated alkanes) is 2. The zero-order valence-electron chi connectivity index (χ0n) is 10.1. The summed E-state index contributed by atoms with van der Waals surface area (Å²) in [7, 11) is 0. The summed E-state index contributed by atoms with van der Waals surface area (Å²) in [6.07, 6.45) is 4.40. The third-order valence-corrected chi connectivity index (χ3v) is 2.93. The second-order valence-corrected chi connectivity index (χ2v) is 4.41. The Morgan fingerprint density at radius 1 is 0.933 bits per heavy atom. The van der Waals surface area contributed by atoms with Crippen LogP contribution in [0, 0.1) is 20.8 Å². The molecule has 0 heterocycles. The lowest BCUT2D eigenvalue weighted by atomic mass is 9.95. The largest absolute Gasteiger partial charge is 0.396 e. The molecule has 0 aromatic heterocycles. The van der Waals surface area contributed by atoms with E-state index in [-0.39, 0.29) is 0 Å². The van der Waals surface area contributed by atoms with E-state index in [0.717, 1.165) is 19.3 Å². The summed E-state index contributed by atoms with van der Waals surface area (Å²) in [5.41, 5.74) is 5.68. The van der Waals surface area contributed by atoms with Crippen LogP contribution in [0.15, 0.2) is 12.1 Å². The van der Waals surface area contributed by atoms with Crippen LogP contribution >= 0.6 is 0 Å². The Labute approximate surface area is 93.1 Å². The van der Waals surface area contributed by atoms with Gasteiger partial charge in [-0.15, -0.1) is 0 Å². The smallest absolute Gasteiger partial charge is 0.0431 e. The molecule has 1 N–H and O–H groups in total. The monoisotopic (exact) mass is 206 g/mol. The molecule has 84 valence electrons. The van der Waals surface area contributed by atoms with Crippen molar-refractivity contribution in [2.45, 2.75) is 46.5 Å². The molecule has 0 bridgehead atoms. The van der Waals surface area contributed by atoms with Gasteiger partial charge in [0, 0.05) is 6.61 Å². The summed E-state index contributed by atoms with van der Waals surface area (Å²) in [6.45, 7) is 6.87. The second kappa shape index (κ2) is 5.92. The Morgan fingerprint density at radius 3 is 2.07 bits per heavy atom. The molecule has 1 aromatic rings. The van der Waals surface area contributed by atoms with Crippen molar-refractivity contribution < 1.29 is 5.11 Å². The van der Waals surface area contributed by atoms with Crippen molar-refractivity contribution in [1.29, 1.82) is 0 Å². The van der Waals surface area contributed by atoms with Crippen LogP contribution in [0.4, 0.5) is 0 Å². The minimum absolute atomic E-state index is 0.325. The Balaban J connectivity index is 2.60. The molecule has 0 aliphatic carbocycles. The Hall–Kier alpha value is -0.820. The lowest BCUT2D eigenvalue weighted by molar-refractivity contribution is 0.283. The van der Waals surface area contributed by atoms with E-state index in [0.29, 0.717) is 6.61 Å². The zero-order chi connectivity index (χ0) is 11.3. The molecule has 0 spiro atoms. The standard InChI is InChI=1S/C14H22O/c1-11-9-12(2)14(13(3)10-11)7-5-4-6-8-15/h9-10,15H,4-8H2,1-3H3. The fraction of sp³-hybridized carbons (Fsp3) is 0.571. The van der Waals surface area contributed by atoms with Gasteiger partial charge in [-0.1, -0.05) is 24.1 Å². The fourth-order valence-corrected chi connectivity index (χ4v) is 2.19. The molecule has 0 radical (unpaired) electrons. The van der Waals surface area contributed by atoms with Crippen molar-refractivity contribution in [1.82, 2.24) is 0 Å². The van der Waals surface area contributed by atoms with Crippen LogP contribution in [0.2, 0.25) is 0 Å². The maximum Gasteiger partial charge on any atom is 0.0431 e. The van der Waals surface area contributed by atoms with Crippen molar-refractivity contribution in [2.24, 2.45) is 0 Å². The van der Waals surface area contributed by atoms with Crippen LogP contribution in [0.3, 0.4) is 0 Å². The summed E-state index contributed by atoms with van der Waals surface area (Å²) in [5, 5.41) is 8.71. The van der Waals surface area contributed by atoms with Crippen molar-refractivity contribution in [3.8, 4) is 0 Å². The topological polar surface area (TPSA) is 20.2 Å². The lowest BCUT2D eigenvalue weighted by Crippen LogP contribution is -1.96. The van der Waals surface area contributed by atoms with Crippen LogP contribution in [-0.4, -0.2) is 11.7 Å². The van der Waals surface area contributed by atoms with Gasteiger partial charge in [0.15, 0.2) is 0 Å². The van der Waals surface area contributed by atoms with Gasteiger partial charge in [-0.2, -0.15) is 0 Å². The van der Waals surface area contributed by atoms with E-state index < -0.39 is 0 Å². The van der Waals surface area contributed by atoms with Crippen molar-refractivity contribution >= 4 is 0 Å². The van der Waals surface area contributed by atoms with E-state index in [4.69, 9.17) is 5.11 Å². The summed E-state index contributed by atoms with van der Waals surface area (Å²) in [4.78, 5) is 0. The van der Waals surface area contributed by atoms with Gasteiger partial charge in [0.2, 0.25) is 0 Å². The quantitative estimate of drug-likeness (QED) is 0.733. The van der Waals surface area contributed by atoms with Crippen LogP contribution in [0.5, 0.6) is 0 Å². The van der Waals surface area contributed by atoms with Gasteiger partial charge in [0.25, 0.3) is 0 Å². The molecule has 0 unspecified atom stereocenters. The third kappa shape index (κ3) is 3.67. The number of aliphatic hydroxyl groups is 1. The first kappa shape index (κ1) is 12.3. The van der Waals surface area contributed by atoms with Gasteiger partial charge in [-0.25, -0.2) is 0 Å². The molecular formula is C14H22O. The van der Waals surface area contributed by atoms with Gasteiger partial charge >= 0.3 is 0 Å². The number of hydrogen-bond donors (Lipinski definition) is 1. The molecular weight excluding hydrogens is 184 g/mol. The normalized spacial score (nSPS) is 10.7. The number of aryl methyl sites for hydroxylation is 3. The molecule has 0 amide bonds. The molecule has 0 saturated carbocycles. The first-order valence-corrected chi connectivity index (χ1v) is 5.82.